The molecule has 20 heavy (non-hydrogen) atoms. The van der Waals surface area contributed by atoms with Gasteiger partial charge in [0.15, 0.2) is 11.4 Å². The molecule has 108 valence electrons. The number of rotatable bonds is 3. The summed E-state index contributed by atoms with van der Waals surface area (Å²) in [6, 6.07) is 4.48. The fraction of sp³-hybridized carbons (Fsp3) is 0.462. The summed E-state index contributed by atoms with van der Waals surface area (Å²) in [6.07, 6.45) is 0. The lowest BCUT2D eigenvalue weighted by atomic mass is 10.0. The van der Waals surface area contributed by atoms with Crippen molar-refractivity contribution < 1.29 is 19.2 Å². The van der Waals surface area contributed by atoms with E-state index in [0.717, 1.165) is 5.69 Å². The molecule has 0 fully saturated rings. The van der Waals surface area contributed by atoms with E-state index in [9.17, 15) is 14.9 Å². The third kappa shape index (κ3) is 2.81. The van der Waals surface area contributed by atoms with E-state index >= 15 is 0 Å². The topological polar surface area (TPSA) is 81.9 Å². The first-order chi connectivity index (χ1) is 9.31. The summed E-state index contributed by atoms with van der Waals surface area (Å²) in [5.74, 6) is 0.0323. The smallest absolute Gasteiger partial charge is 0.302 e. The number of hydrogen-bond donors (Lipinski definition) is 0. The number of non-ortho nitro benzene ring substituents is 1. The third-order valence-corrected chi connectivity index (χ3v) is 3.07. The summed E-state index contributed by atoms with van der Waals surface area (Å²) in [4.78, 5) is 23.2. The van der Waals surface area contributed by atoms with Crippen LogP contribution in [0.25, 0.3) is 0 Å². The van der Waals surface area contributed by atoms with Crippen molar-refractivity contribution >= 4 is 17.3 Å². The number of esters is 1. The van der Waals surface area contributed by atoms with Gasteiger partial charge in [0.1, 0.15) is 6.61 Å². The molecule has 0 bridgehead atoms. The van der Waals surface area contributed by atoms with Crippen molar-refractivity contribution in [2.75, 3.05) is 25.1 Å². The Balaban J connectivity index is 2.28. The van der Waals surface area contributed by atoms with E-state index in [1.165, 1.54) is 19.1 Å². The zero-order valence-electron chi connectivity index (χ0n) is 11.6. The van der Waals surface area contributed by atoms with Gasteiger partial charge in [-0.1, -0.05) is 0 Å². The number of carbonyl (C=O) groups excluding carboxylic acids is 1. The number of fused-ring (bicyclic) bond motifs is 1. The summed E-state index contributed by atoms with van der Waals surface area (Å²) in [7, 11) is 1.86. The average Bonchev–Trinajstić information content (AvgIpc) is 2.35. The zero-order chi connectivity index (χ0) is 14.9. The highest BCUT2D eigenvalue weighted by atomic mass is 16.6. The van der Waals surface area contributed by atoms with Crippen LogP contribution >= 0.6 is 0 Å². The molecule has 0 amide bonds. The van der Waals surface area contributed by atoms with Crippen molar-refractivity contribution in [3.05, 3.63) is 28.3 Å². The Hall–Kier alpha value is -2.31. The Bertz CT molecular complexity index is 560. The van der Waals surface area contributed by atoms with Gasteiger partial charge in [-0.2, -0.15) is 0 Å². The van der Waals surface area contributed by atoms with Crippen molar-refractivity contribution in [1.82, 2.24) is 0 Å². The number of ether oxygens (including phenoxy) is 2. The van der Waals surface area contributed by atoms with Crippen LogP contribution in [-0.2, 0) is 9.53 Å². The molecule has 0 radical (unpaired) electrons. The van der Waals surface area contributed by atoms with Crippen LogP contribution in [0.1, 0.15) is 13.8 Å². The predicted octanol–water partition coefficient (Wildman–Crippen LogP) is 1.75. The van der Waals surface area contributed by atoms with Gasteiger partial charge >= 0.3 is 5.97 Å². The van der Waals surface area contributed by atoms with Crippen LogP contribution in [0.4, 0.5) is 11.4 Å². The summed E-state index contributed by atoms with van der Waals surface area (Å²) in [5, 5.41) is 10.8. The molecule has 1 unspecified atom stereocenters. The highest BCUT2D eigenvalue weighted by molar-refractivity contribution is 5.66. The van der Waals surface area contributed by atoms with E-state index in [0.29, 0.717) is 12.3 Å². The molecule has 1 aliphatic rings. The summed E-state index contributed by atoms with van der Waals surface area (Å²) >= 11 is 0. The molecule has 0 N–H and O–H groups in total. The molecule has 1 aromatic carbocycles. The van der Waals surface area contributed by atoms with Crippen molar-refractivity contribution in [3.8, 4) is 5.75 Å². The van der Waals surface area contributed by atoms with Crippen LogP contribution in [0.15, 0.2) is 18.2 Å². The van der Waals surface area contributed by atoms with Gasteiger partial charge in [0.25, 0.3) is 5.69 Å². The number of anilines is 1. The van der Waals surface area contributed by atoms with Gasteiger partial charge in [-0.25, -0.2) is 0 Å². The molecule has 1 heterocycles. The maximum atomic E-state index is 10.9. The molecule has 1 atom stereocenters. The van der Waals surface area contributed by atoms with Crippen LogP contribution in [0, 0.1) is 10.1 Å². The van der Waals surface area contributed by atoms with Crippen molar-refractivity contribution in [2.45, 2.75) is 19.4 Å². The van der Waals surface area contributed by atoms with Crippen LogP contribution in [0.2, 0.25) is 0 Å². The molecule has 0 spiro atoms. The minimum Gasteiger partial charge on any atom is -0.480 e. The Labute approximate surface area is 116 Å². The lowest BCUT2D eigenvalue weighted by molar-refractivity contribution is -0.385. The van der Waals surface area contributed by atoms with Gasteiger partial charge in [-0.05, 0) is 13.0 Å². The monoisotopic (exact) mass is 280 g/mol. The van der Waals surface area contributed by atoms with E-state index in [1.54, 1.807) is 13.0 Å². The van der Waals surface area contributed by atoms with E-state index in [-0.39, 0.29) is 18.3 Å². The Morgan fingerprint density at radius 2 is 2.30 bits per heavy atom. The minimum atomic E-state index is -0.733. The molecule has 0 saturated carbocycles. The van der Waals surface area contributed by atoms with Crippen molar-refractivity contribution in [1.29, 1.82) is 0 Å². The van der Waals surface area contributed by atoms with Gasteiger partial charge in [-0.15, -0.1) is 0 Å². The van der Waals surface area contributed by atoms with Crippen molar-refractivity contribution in [2.24, 2.45) is 0 Å². The number of nitro groups is 1. The number of carbonyl (C=O) groups is 1. The average molecular weight is 280 g/mol. The summed E-state index contributed by atoms with van der Waals surface area (Å²) < 4.78 is 10.8. The summed E-state index contributed by atoms with van der Waals surface area (Å²) in [5.41, 5.74) is 0.00705. The maximum absolute atomic E-state index is 10.9. The number of hydrogen-bond acceptors (Lipinski definition) is 6. The van der Waals surface area contributed by atoms with Gasteiger partial charge in [0, 0.05) is 20.0 Å². The van der Waals surface area contributed by atoms with Gasteiger partial charge in [-0.3, -0.25) is 14.9 Å². The second-order valence-electron chi connectivity index (χ2n) is 5.10. The molecule has 0 aliphatic carbocycles. The fourth-order valence-electron chi connectivity index (χ4n) is 2.23. The van der Waals surface area contributed by atoms with Gasteiger partial charge in [0.05, 0.1) is 23.2 Å². The Morgan fingerprint density at radius 3 is 2.90 bits per heavy atom. The van der Waals surface area contributed by atoms with Gasteiger partial charge < -0.3 is 14.4 Å². The Morgan fingerprint density at radius 1 is 1.60 bits per heavy atom. The Kier molecular flexibility index (Phi) is 3.52. The lowest BCUT2D eigenvalue weighted by Gasteiger charge is -2.40. The molecule has 1 aliphatic heterocycles. The van der Waals surface area contributed by atoms with Crippen molar-refractivity contribution in [3.63, 3.8) is 0 Å². The minimum absolute atomic E-state index is 0.0334. The zero-order valence-corrected chi connectivity index (χ0v) is 11.6. The van der Waals surface area contributed by atoms with E-state index in [4.69, 9.17) is 9.47 Å². The quantitative estimate of drug-likeness (QED) is 0.476. The summed E-state index contributed by atoms with van der Waals surface area (Å²) in [6.45, 7) is 3.74. The first kappa shape index (κ1) is 14.1. The predicted molar refractivity (Wildman–Crippen MR) is 72.0 cm³/mol. The van der Waals surface area contributed by atoms with Crippen LogP contribution in [-0.4, -0.2) is 36.7 Å². The molecule has 0 saturated heterocycles. The number of likely N-dealkylation sites (N-methyl/N-ethyl adjacent to an activating group) is 1. The fourth-order valence-corrected chi connectivity index (χ4v) is 2.23. The molecule has 7 nitrogen and oxygen atoms in total. The van der Waals surface area contributed by atoms with E-state index in [1.807, 2.05) is 11.9 Å². The first-order valence-electron chi connectivity index (χ1n) is 6.13. The second-order valence-corrected chi connectivity index (χ2v) is 5.10. The van der Waals surface area contributed by atoms with E-state index in [2.05, 4.69) is 0 Å². The first-order valence-corrected chi connectivity index (χ1v) is 6.13. The number of nitrogens with zero attached hydrogens (tertiary/aromatic N) is 2. The molecule has 7 heteroatoms. The highest BCUT2D eigenvalue weighted by Gasteiger charge is 2.36. The standard InChI is InChI=1S/C13H16N2O5/c1-9(16)19-8-13(2)7-14(3)11-5-4-10(15(17)18)6-12(11)20-13/h4-6H,7-8H2,1-3H3. The molecular weight excluding hydrogens is 264 g/mol. The van der Waals surface area contributed by atoms with Crippen LogP contribution in [0.3, 0.4) is 0 Å². The maximum Gasteiger partial charge on any atom is 0.302 e. The second kappa shape index (κ2) is 4.99. The number of nitro benzene ring substituents is 1. The highest BCUT2D eigenvalue weighted by Crippen LogP contribution is 2.38. The molecular formula is C13H16N2O5. The van der Waals surface area contributed by atoms with Gasteiger partial charge in [0.2, 0.25) is 0 Å². The third-order valence-electron chi connectivity index (χ3n) is 3.07. The van der Waals surface area contributed by atoms with Crippen LogP contribution < -0.4 is 9.64 Å². The molecule has 0 aromatic heterocycles. The van der Waals surface area contributed by atoms with E-state index < -0.39 is 10.5 Å². The normalized spacial score (nSPS) is 20.9. The molecule has 2 rings (SSSR count). The lowest BCUT2D eigenvalue weighted by Crippen LogP contribution is -2.51. The molecule has 1 aromatic rings. The number of benzene rings is 1. The SMILES string of the molecule is CC(=O)OCC1(C)CN(C)c2ccc([N+](=O)[O-])cc2O1. The largest absolute Gasteiger partial charge is 0.480 e. The van der Waals surface area contributed by atoms with Crippen LogP contribution in [0.5, 0.6) is 5.75 Å².